The molecule has 0 aliphatic carbocycles. The maximum absolute atomic E-state index is 12.9. The van der Waals surface area contributed by atoms with Gasteiger partial charge in [0.05, 0.1) is 18.3 Å². The van der Waals surface area contributed by atoms with E-state index < -0.39 is 8.32 Å². The molecule has 0 fully saturated rings. The van der Waals surface area contributed by atoms with E-state index in [1.807, 2.05) is 53.2 Å². The Labute approximate surface area is 218 Å². The van der Waals surface area contributed by atoms with Crippen LogP contribution in [-0.2, 0) is 11.2 Å². The first-order chi connectivity index (χ1) is 17.0. The highest BCUT2D eigenvalue weighted by molar-refractivity contribution is 7.08. The van der Waals surface area contributed by atoms with Gasteiger partial charge in [0.25, 0.3) is 0 Å². The van der Waals surface area contributed by atoms with E-state index >= 15 is 0 Å². The Morgan fingerprint density at radius 3 is 2.31 bits per heavy atom. The molecule has 1 N–H and O–H groups in total. The van der Waals surface area contributed by atoms with Gasteiger partial charge in [0.15, 0.2) is 5.82 Å². The highest BCUT2D eigenvalue weighted by atomic mass is 32.1. The van der Waals surface area contributed by atoms with Crippen molar-refractivity contribution in [1.82, 2.24) is 9.97 Å². The molecular weight excluding hydrogens is 482 g/mol. The maximum atomic E-state index is 12.9. The quantitative estimate of drug-likeness (QED) is 0.256. The minimum absolute atomic E-state index is 0.127. The van der Waals surface area contributed by atoms with Crippen LogP contribution < -0.4 is 9.74 Å². The monoisotopic (exact) mass is 515 g/mol. The third-order valence-electron chi connectivity index (χ3n) is 6.64. The minimum Gasteiger partial charge on any atom is -0.544 e. The van der Waals surface area contributed by atoms with Crippen molar-refractivity contribution < 1.29 is 9.22 Å². The van der Waals surface area contributed by atoms with Gasteiger partial charge in [-0.2, -0.15) is 11.3 Å². The molecule has 186 valence electrons. The lowest BCUT2D eigenvalue weighted by Gasteiger charge is -2.36. The molecule has 2 aromatic carbocycles. The Kier molecular flexibility index (Phi) is 7.43. The summed E-state index contributed by atoms with van der Waals surface area (Å²) < 4.78 is 6.35. The van der Waals surface area contributed by atoms with Crippen LogP contribution in [0.1, 0.15) is 31.9 Å². The molecule has 36 heavy (non-hydrogen) atoms. The standard InChI is InChI=1S/C29H33N3O2SSi/c1-20-7-11-22(12-8-20)25-18-30-28(27(31-25)23-15-16-35-19-23)32-26(33)17-21-9-13-24(14-10-21)34-36(5,6)29(2,3)4/h7-16,18-19H,17H2,1-6H3,(H,30,32,33). The molecule has 0 aliphatic heterocycles. The van der Waals surface area contributed by atoms with Crippen LogP contribution in [0.4, 0.5) is 5.82 Å². The first-order valence-electron chi connectivity index (χ1n) is 12.1. The number of aromatic nitrogens is 2. The lowest BCUT2D eigenvalue weighted by Crippen LogP contribution is -2.43. The molecule has 0 radical (unpaired) electrons. The topological polar surface area (TPSA) is 64.1 Å². The molecule has 4 aromatic rings. The van der Waals surface area contributed by atoms with Gasteiger partial charge in [0, 0.05) is 16.5 Å². The number of amides is 1. The number of hydrogen-bond acceptors (Lipinski definition) is 5. The fraction of sp³-hybridized carbons (Fsp3) is 0.276. The SMILES string of the molecule is Cc1ccc(-c2cnc(NC(=O)Cc3ccc(O[Si](C)(C)C(C)(C)C)cc3)c(-c3ccsc3)n2)cc1. The number of carbonyl (C=O) groups excluding carboxylic acids is 1. The average Bonchev–Trinajstić information content (AvgIpc) is 3.35. The maximum Gasteiger partial charge on any atom is 0.250 e. The van der Waals surface area contributed by atoms with E-state index in [0.717, 1.165) is 28.1 Å². The minimum atomic E-state index is -1.90. The zero-order valence-electron chi connectivity index (χ0n) is 21.8. The Hall–Kier alpha value is -3.29. The van der Waals surface area contributed by atoms with E-state index in [0.29, 0.717) is 11.5 Å². The number of thiophene rings is 1. The highest BCUT2D eigenvalue weighted by Crippen LogP contribution is 2.37. The number of hydrogen-bond donors (Lipinski definition) is 1. The Morgan fingerprint density at radius 2 is 1.69 bits per heavy atom. The summed E-state index contributed by atoms with van der Waals surface area (Å²) in [6.07, 6.45) is 1.95. The summed E-state index contributed by atoms with van der Waals surface area (Å²) in [5.41, 5.74) is 5.46. The van der Waals surface area contributed by atoms with Crippen molar-refractivity contribution in [3.05, 3.63) is 82.7 Å². The normalized spacial score (nSPS) is 11.8. The molecule has 1 amide bonds. The van der Waals surface area contributed by atoms with E-state index in [9.17, 15) is 4.79 Å². The summed E-state index contributed by atoms with van der Waals surface area (Å²) in [4.78, 5) is 22.4. The van der Waals surface area contributed by atoms with E-state index in [4.69, 9.17) is 9.41 Å². The Bertz CT molecular complexity index is 1330. The smallest absolute Gasteiger partial charge is 0.250 e. The van der Waals surface area contributed by atoms with E-state index in [2.05, 4.69) is 63.2 Å². The fourth-order valence-electron chi connectivity index (χ4n) is 3.43. The number of aryl methyl sites for hydroxylation is 1. The van der Waals surface area contributed by atoms with Gasteiger partial charge in [0.2, 0.25) is 14.2 Å². The van der Waals surface area contributed by atoms with Gasteiger partial charge >= 0.3 is 0 Å². The van der Waals surface area contributed by atoms with Gasteiger partial charge in [-0.15, -0.1) is 0 Å². The number of nitrogens with one attached hydrogen (secondary N) is 1. The molecule has 0 saturated heterocycles. The van der Waals surface area contributed by atoms with E-state index in [1.54, 1.807) is 17.5 Å². The van der Waals surface area contributed by atoms with Crippen LogP contribution in [-0.4, -0.2) is 24.2 Å². The van der Waals surface area contributed by atoms with Crippen molar-refractivity contribution >= 4 is 31.4 Å². The molecule has 0 spiro atoms. The molecule has 0 aliphatic rings. The average molecular weight is 516 g/mol. The molecule has 0 atom stereocenters. The lowest BCUT2D eigenvalue weighted by atomic mass is 10.1. The predicted octanol–water partition coefficient (Wildman–Crippen LogP) is 7.75. The molecule has 4 rings (SSSR count). The van der Waals surface area contributed by atoms with Crippen LogP contribution in [0.15, 0.2) is 71.6 Å². The van der Waals surface area contributed by atoms with Crippen LogP contribution in [0, 0.1) is 6.92 Å². The van der Waals surface area contributed by atoms with Crippen molar-refractivity contribution in [2.45, 2.75) is 52.2 Å². The molecule has 7 heteroatoms. The van der Waals surface area contributed by atoms with Gasteiger partial charge in [-0.05, 0) is 54.2 Å². The van der Waals surface area contributed by atoms with Crippen molar-refractivity contribution in [2.75, 3.05) is 5.32 Å². The first-order valence-corrected chi connectivity index (χ1v) is 15.9. The second-order valence-corrected chi connectivity index (χ2v) is 16.1. The molecule has 5 nitrogen and oxygen atoms in total. The number of nitrogens with zero attached hydrogens (tertiary/aromatic N) is 2. The summed E-state index contributed by atoms with van der Waals surface area (Å²) in [5.74, 6) is 1.18. The molecule has 2 aromatic heterocycles. The lowest BCUT2D eigenvalue weighted by molar-refractivity contribution is -0.115. The van der Waals surface area contributed by atoms with Gasteiger partial charge in [-0.3, -0.25) is 4.79 Å². The number of anilines is 1. The Balaban J connectivity index is 1.50. The van der Waals surface area contributed by atoms with Crippen LogP contribution in [0.25, 0.3) is 22.5 Å². The second kappa shape index (κ2) is 10.4. The zero-order chi connectivity index (χ0) is 25.9. The highest BCUT2D eigenvalue weighted by Gasteiger charge is 2.38. The molecule has 0 saturated carbocycles. The summed E-state index contributed by atoms with van der Waals surface area (Å²) >= 11 is 1.59. The molecule has 0 unspecified atom stereocenters. The summed E-state index contributed by atoms with van der Waals surface area (Å²) in [6.45, 7) is 13.2. The summed E-state index contributed by atoms with van der Waals surface area (Å²) in [6, 6.07) is 18.0. The van der Waals surface area contributed by atoms with Gasteiger partial charge in [0.1, 0.15) is 11.4 Å². The van der Waals surface area contributed by atoms with Crippen molar-refractivity contribution in [3.63, 3.8) is 0 Å². The van der Waals surface area contributed by atoms with E-state index in [-0.39, 0.29) is 17.4 Å². The van der Waals surface area contributed by atoms with Crippen LogP contribution in [0.2, 0.25) is 18.1 Å². The van der Waals surface area contributed by atoms with Gasteiger partial charge in [-0.1, -0.05) is 62.7 Å². The van der Waals surface area contributed by atoms with Crippen molar-refractivity contribution in [2.24, 2.45) is 0 Å². The predicted molar refractivity (Wildman–Crippen MR) is 152 cm³/mol. The fourth-order valence-corrected chi connectivity index (χ4v) is 5.10. The summed E-state index contributed by atoms with van der Waals surface area (Å²) in [5, 5.41) is 7.11. The van der Waals surface area contributed by atoms with Crippen LogP contribution >= 0.6 is 11.3 Å². The van der Waals surface area contributed by atoms with Crippen LogP contribution in [0.3, 0.4) is 0 Å². The van der Waals surface area contributed by atoms with Gasteiger partial charge < -0.3 is 9.74 Å². The number of carbonyl (C=O) groups is 1. The largest absolute Gasteiger partial charge is 0.544 e. The first kappa shape index (κ1) is 25.8. The van der Waals surface area contributed by atoms with Crippen molar-refractivity contribution in [3.8, 4) is 28.3 Å². The third-order valence-corrected chi connectivity index (χ3v) is 11.7. The third kappa shape index (κ3) is 6.09. The molecule has 2 heterocycles. The van der Waals surface area contributed by atoms with Crippen LogP contribution in [0.5, 0.6) is 5.75 Å². The van der Waals surface area contributed by atoms with Crippen molar-refractivity contribution in [1.29, 1.82) is 0 Å². The molecular formula is C29H33N3O2SSi. The molecule has 0 bridgehead atoms. The Morgan fingerprint density at radius 1 is 1.00 bits per heavy atom. The van der Waals surface area contributed by atoms with Gasteiger partial charge in [-0.25, -0.2) is 9.97 Å². The number of rotatable bonds is 7. The summed E-state index contributed by atoms with van der Waals surface area (Å²) in [7, 11) is -1.90. The second-order valence-electron chi connectivity index (χ2n) is 10.6. The zero-order valence-corrected chi connectivity index (χ0v) is 23.6. The van der Waals surface area contributed by atoms with E-state index in [1.165, 1.54) is 5.56 Å². The number of benzene rings is 2.